The fourth-order valence-electron chi connectivity index (χ4n) is 8.27. The Morgan fingerprint density at radius 2 is 0.892 bits per heavy atom. The van der Waals surface area contributed by atoms with Crippen LogP contribution < -0.4 is 29.2 Å². The molecule has 0 atom stereocenters. The lowest BCUT2D eigenvalue weighted by Gasteiger charge is -2.32. The highest BCUT2D eigenvalue weighted by atomic mass is 79.9. The number of aromatic hydroxyl groups is 1. The second-order valence-corrected chi connectivity index (χ2v) is 19.7. The molecule has 0 fully saturated rings. The minimum atomic E-state index is -0.355. The molecule has 13 rings (SSSR count). The normalized spacial score (nSPS) is 11.8. The highest BCUT2D eigenvalue weighted by Crippen LogP contribution is 2.41. The van der Waals surface area contributed by atoms with Crippen LogP contribution in [0.3, 0.4) is 0 Å². The molecule has 0 amide bonds. The molecule has 2 aromatic carbocycles. The Morgan fingerprint density at radius 3 is 1.37 bits per heavy atom. The second kappa shape index (κ2) is 31.0. The number of alkyl halides is 1. The zero-order chi connectivity index (χ0) is 57.3. The lowest BCUT2D eigenvalue weighted by atomic mass is 10.0. The molecule has 16 nitrogen and oxygen atoms in total. The number of rotatable bonds is 11. The first-order valence-corrected chi connectivity index (χ1v) is 28.1. The monoisotopic (exact) mass is 1250 g/mol. The number of hydrogen-bond donors (Lipinski definition) is 2. The van der Waals surface area contributed by atoms with E-state index in [0.717, 1.165) is 75.2 Å². The van der Waals surface area contributed by atoms with Crippen LogP contribution in [0.15, 0.2) is 260 Å². The smallest absolute Gasteiger partial charge is 0.176 e. The second-order valence-electron chi connectivity index (χ2n) is 17.7. The van der Waals surface area contributed by atoms with Crippen molar-refractivity contribution < 1.29 is 24.1 Å². The van der Waals surface area contributed by atoms with E-state index in [1.54, 1.807) is 92.7 Å². The zero-order valence-corrected chi connectivity index (χ0v) is 48.3. The van der Waals surface area contributed by atoms with Crippen LogP contribution in [0.1, 0.15) is 51.0 Å². The third-order valence-electron chi connectivity index (χ3n) is 12.2. The van der Waals surface area contributed by atoms with Gasteiger partial charge in [-0.25, -0.2) is 15.0 Å². The lowest BCUT2D eigenvalue weighted by Crippen LogP contribution is -2.29. The summed E-state index contributed by atoms with van der Waals surface area (Å²) in [6, 6.07) is 49.9. The Balaban J connectivity index is 0.000000135. The van der Waals surface area contributed by atoms with Crippen LogP contribution in [0.5, 0.6) is 28.7 Å². The van der Waals surface area contributed by atoms with Gasteiger partial charge in [-0.05, 0) is 140 Å². The molecule has 0 aliphatic carbocycles. The first kappa shape index (κ1) is 58.3. The molecular formula is C64H54Br2ClN11O5. The molecule has 0 saturated carbocycles. The van der Waals surface area contributed by atoms with Crippen molar-refractivity contribution in [3.05, 3.63) is 293 Å². The van der Waals surface area contributed by atoms with E-state index in [1.807, 2.05) is 158 Å². The third kappa shape index (κ3) is 16.9. The molecule has 0 unspecified atom stereocenters. The van der Waals surface area contributed by atoms with Crippen LogP contribution in [0, 0.1) is 0 Å². The number of anilines is 3. The Bertz CT molecular complexity index is 3510. The van der Waals surface area contributed by atoms with Crippen molar-refractivity contribution in [1.29, 1.82) is 0 Å². The van der Waals surface area contributed by atoms with Gasteiger partial charge < -0.3 is 34.3 Å². The summed E-state index contributed by atoms with van der Waals surface area (Å²) >= 11 is 12.7. The van der Waals surface area contributed by atoms with Gasteiger partial charge in [-0.15, -0.1) is 11.6 Å². The van der Waals surface area contributed by atoms with Crippen LogP contribution in [0.4, 0.5) is 17.2 Å². The number of halogens is 3. The van der Waals surface area contributed by atoms with Gasteiger partial charge >= 0.3 is 0 Å². The average Bonchev–Trinajstić information content (AvgIpc) is 3.72. The van der Waals surface area contributed by atoms with Crippen LogP contribution in [0.2, 0.25) is 0 Å². The summed E-state index contributed by atoms with van der Waals surface area (Å²) in [6.45, 7) is 2.96. The maximum absolute atomic E-state index is 8.81. The first-order chi connectivity index (χ1) is 40.9. The number of hydrogen-bond acceptors (Lipinski definition) is 16. The average molecular weight is 1250 g/mol. The van der Waals surface area contributed by atoms with E-state index in [2.05, 4.69) is 86.9 Å². The first-order valence-electron chi connectivity index (χ1n) is 26.1. The molecule has 0 saturated heterocycles. The predicted octanol–water partition coefficient (Wildman–Crippen LogP) is 14.2. The SMILES string of the molecule is Brc1ncccc1OC(c1cccnc1)c1cccnc1.ClC(c1cccnc1)c1cccnc1.Oc1cccnc1Br.c1ccc2c(c1)NCCO2.c1cncc(C(Oc2cccnc2N2CCOc3ccccc32)c2cccnc2)c1. The van der Waals surface area contributed by atoms with E-state index < -0.39 is 0 Å². The molecular weight excluding hydrogens is 1200 g/mol. The summed E-state index contributed by atoms with van der Waals surface area (Å²) in [7, 11) is 0. The van der Waals surface area contributed by atoms with E-state index in [1.165, 1.54) is 0 Å². The molecule has 2 aliphatic rings. The van der Waals surface area contributed by atoms with E-state index in [-0.39, 0.29) is 23.3 Å². The Morgan fingerprint density at radius 1 is 0.458 bits per heavy atom. The Hall–Kier alpha value is -9.36. The van der Waals surface area contributed by atoms with Crippen molar-refractivity contribution in [3.63, 3.8) is 0 Å². The van der Waals surface area contributed by atoms with Gasteiger partial charge in [0.25, 0.3) is 0 Å². The van der Waals surface area contributed by atoms with Gasteiger partial charge in [-0.3, -0.25) is 29.9 Å². The number of pyridine rings is 9. The van der Waals surface area contributed by atoms with E-state index in [4.69, 9.17) is 35.7 Å². The maximum atomic E-state index is 8.81. The van der Waals surface area contributed by atoms with Crippen molar-refractivity contribution >= 4 is 60.7 Å². The van der Waals surface area contributed by atoms with E-state index in [9.17, 15) is 0 Å². The molecule has 9 aromatic heterocycles. The number of nitrogens with one attached hydrogen (secondary N) is 1. The number of ether oxygens (including phenoxy) is 4. The quantitative estimate of drug-likeness (QED) is 0.0918. The number of aromatic nitrogens is 9. The van der Waals surface area contributed by atoms with Crippen LogP contribution >= 0.6 is 43.5 Å². The van der Waals surface area contributed by atoms with Crippen molar-refractivity contribution in [3.8, 4) is 28.7 Å². The molecule has 416 valence electrons. The van der Waals surface area contributed by atoms with E-state index >= 15 is 0 Å². The van der Waals surface area contributed by atoms with Crippen LogP contribution in [-0.4, -0.2) is 76.3 Å². The fourth-order valence-corrected chi connectivity index (χ4v) is 9.12. The number of nitrogens with zero attached hydrogens (tertiary/aromatic N) is 10. The molecule has 83 heavy (non-hydrogen) atoms. The summed E-state index contributed by atoms with van der Waals surface area (Å²) in [5.74, 6) is 4.10. The number of para-hydroxylation sites is 4. The van der Waals surface area contributed by atoms with Crippen LogP contribution in [-0.2, 0) is 0 Å². The van der Waals surface area contributed by atoms with Crippen LogP contribution in [0.25, 0.3) is 0 Å². The highest BCUT2D eigenvalue weighted by Gasteiger charge is 2.26. The van der Waals surface area contributed by atoms with Gasteiger partial charge in [-0.1, -0.05) is 60.7 Å². The van der Waals surface area contributed by atoms with Gasteiger partial charge in [0.2, 0.25) is 0 Å². The predicted molar refractivity (Wildman–Crippen MR) is 327 cm³/mol. The van der Waals surface area contributed by atoms with Gasteiger partial charge in [-0.2, -0.15) is 0 Å². The largest absolute Gasteiger partial charge is 0.505 e. The van der Waals surface area contributed by atoms with E-state index in [0.29, 0.717) is 33.9 Å². The minimum Gasteiger partial charge on any atom is -0.505 e. The van der Waals surface area contributed by atoms with Gasteiger partial charge in [0.05, 0.1) is 23.3 Å². The summed E-state index contributed by atoms with van der Waals surface area (Å²) in [4.78, 5) is 39.6. The zero-order valence-electron chi connectivity index (χ0n) is 44.4. The number of fused-ring (bicyclic) bond motifs is 2. The van der Waals surface area contributed by atoms with Gasteiger partial charge in [0, 0.05) is 122 Å². The maximum Gasteiger partial charge on any atom is 0.176 e. The molecule has 11 aromatic rings. The molecule has 11 heterocycles. The third-order valence-corrected chi connectivity index (χ3v) is 13.9. The summed E-state index contributed by atoms with van der Waals surface area (Å²) in [6.07, 6.45) is 25.7. The topological polar surface area (TPSA) is 188 Å². The summed E-state index contributed by atoms with van der Waals surface area (Å²) in [5.41, 5.74) is 7.87. The van der Waals surface area contributed by atoms with Gasteiger partial charge in [0.1, 0.15) is 39.7 Å². The lowest BCUT2D eigenvalue weighted by molar-refractivity contribution is 0.243. The van der Waals surface area contributed by atoms with Crippen molar-refractivity contribution in [2.24, 2.45) is 0 Å². The number of benzene rings is 2. The Kier molecular flexibility index (Phi) is 21.8. The van der Waals surface area contributed by atoms with Crippen molar-refractivity contribution in [1.82, 2.24) is 44.9 Å². The van der Waals surface area contributed by atoms with Crippen molar-refractivity contribution in [2.45, 2.75) is 17.6 Å². The molecule has 2 N–H and O–H groups in total. The molecule has 0 spiro atoms. The van der Waals surface area contributed by atoms with Crippen molar-refractivity contribution in [2.75, 3.05) is 36.5 Å². The molecule has 0 bridgehead atoms. The summed E-state index contributed by atoms with van der Waals surface area (Å²) in [5, 5.41) is 11.9. The molecule has 2 aliphatic heterocycles. The standard InChI is InChI=1S/C24H20N4O2.C16H12BrN3O.C11H9ClN2.C8H9NO.C5H4BrNO/c1-2-9-21-20(8-1)28(14-15-29-21)24-22(10-5-13-27-24)30-23(18-6-3-11-25-16-18)19-7-4-12-26-17-19;17-16-14(6-3-9-20-16)21-15(12-4-1-7-18-10-12)13-5-2-8-19-11-13;12-11(9-3-1-5-13-7-9)10-4-2-6-14-8-10;1-2-4-8-7(3-1)9-5-6-10-8;6-5-4(8)2-1-3-7-5/h1-13,16-17,23H,14-15H2;1-11,15H;1-8,11H;1-4,9H,5-6H2;1-3,8H. The minimum absolute atomic E-state index is 0.169. The van der Waals surface area contributed by atoms with Gasteiger partial charge in [0.15, 0.2) is 29.5 Å². The fraction of sp³-hybridized carbons (Fsp3) is 0.109. The molecule has 19 heteroatoms. The highest BCUT2D eigenvalue weighted by molar-refractivity contribution is 9.10. The summed E-state index contributed by atoms with van der Waals surface area (Å²) < 4.78 is 25.0. The Labute approximate surface area is 502 Å². The molecule has 0 radical (unpaired) electrons.